The fourth-order valence-electron chi connectivity index (χ4n) is 3.14. The summed E-state index contributed by atoms with van der Waals surface area (Å²) in [6.07, 6.45) is 0.806. The summed E-state index contributed by atoms with van der Waals surface area (Å²) >= 11 is 15.5. The summed E-state index contributed by atoms with van der Waals surface area (Å²) in [5, 5.41) is 4.03. The third-order valence-electron chi connectivity index (χ3n) is 4.20. The molecule has 1 aromatic carbocycles. The van der Waals surface area contributed by atoms with Crippen LogP contribution in [0.3, 0.4) is 0 Å². The molecule has 0 saturated carbocycles. The first-order chi connectivity index (χ1) is 11.1. The van der Waals surface area contributed by atoms with Crippen molar-refractivity contribution in [3.63, 3.8) is 0 Å². The van der Waals surface area contributed by atoms with Crippen molar-refractivity contribution in [1.29, 1.82) is 0 Å². The number of halogens is 4. The van der Waals surface area contributed by atoms with E-state index in [1.165, 1.54) is 0 Å². The third kappa shape index (κ3) is 2.45. The molecule has 1 unspecified atom stereocenters. The number of piperazine rings is 1. The highest BCUT2D eigenvalue weighted by molar-refractivity contribution is 9.10. The maximum atomic E-state index is 14.7. The van der Waals surface area contributed by atoms with Gasteiger partial charge in [0.05, 0.1) is 16.5 Å². The zero-order valence-corrected chi connectivity index (χ0v) is 15.0. The topological polar surface area (TPSA) is 50.3 Å². The summed E-state index contributed by atoms with van der Waals surface area (Å²) in [7, 11) is 0. The van der Waals surface area contributed by atoms with E-state index in [-0.39, 0.29) is 26.3 Å². The Balaban J connectivity index is 2.09. The lowest BCUT2D eigenvalue weighted by atomic mass is 10.1. The van der Waals surface area contributed by atoms with Crippen molar-refractivity contribution in [2.45, 2.75) is 12.5 Å². The first-order valence-electron chi connectivity index (χ1n) is 7.21. The van der Waals surface area contributed by atoms with Crippen molar-refractivity contribution in [1.82, 2.24) is 15.3 Å². The van der Waals surface area contributed by atoms with Crippen molar-refractivity contribution in [2.24, 2.45) is 0 Å². The van der Waals surface area contributed by atoms with Gasteiger partial charge in [-0.05, 0) is 27.5 Å². The largest absolute Gasteiger partial charge is 0.491 e. The molecule has 0 aliphatic carbocycles. The van der Waals surface area contributed by atoms with Crippen LogP contribution in [0.25, 0.3) is 10.9 Å². The molecule has 0 radical (unpaired) electrons. The molecular formula is C14H12BrCl2FN4O. The zero-order chi connectivity index (χ0) is 16.1. The van der Waals surface area contributed by atoms with Crippen molar-refractivity contribution in [3.05, 3.63) is 20.6 Å². The van der Waals surface area contributed by atoms with Gasteiger partial charge in [0.15, 0.2) is 11.6 Å². The molecule has 1 atom stereocenters. The summed E-state index contributed by atoms with van der Waals surface area (Å²) < 4.78 is 20.6. The van der Waals surface area contributed by atoms with Crippen molar-refractivity contribution < 1.29 is 9.13 Å². The molecule has 1 saturated heterocycles. The second-order valence-corrected chi connectivity index (χ2v) is 7.01. The molecule has 2 aromatic rings. The Bertz CT molecular complexity index is 806. The van der Waals surface area contributed by atoms with Gasteiger partial charge < -0.3 is 15.0 Å². The van der Waals surface area contributed by atoms with Gasteiger partial charge in [-0.25, -0.2) is 9.37 Å². The van der Waals surface area contributed by atoms with Gasteiger partial charge in [0, 0.05) is 32.1 Å². The van der Waals surface area contributed by atoms with Crippen LogP contribution in [0, 0.1) is 5.82 Å². The second-order valence-electron chi connectivity index (χ2n) is 5.50. The zero-order valence-electron chi connectivity index (χ0n) is 11.9. The van der Waals surface area contributed by atoms with Gasteiger partial charge in [-0.15, -0.1) is 0 Å². The van der Waals surface area contributed by atoms with Crippen LogP contribution in [0.1, 0.15) is 6.42 Å². The van der Waals surface area contributed by atoms with Crippen LogP contribution in [0.2, 0.25) is 10.3 Å². The van der Waals surface area contributed by atoms with E-state index in [4.69, 9.17) is 27.9 Å². The lowest BCUT2D eigenvalue weighted by molar-refractivity contribution is 0.284. The molecule has 1 fully saturated rings. The Morgan fingerprint density at radius 3 is 3.00 bits per heavy atom. The monoisotopic (exact) mass is 420 g/mol. The minimum absolute atomic E-state index is 0.00410. The minimum Gasteiger partial charge on any atom is -0.491 e. The summed E-state index contributed by atoms with van der Waals surface area (Å²) in [5.74, 6) is 0.420. The predicted molar refractivity (Wildman–Crippen MR) is 91.3 cm³/mol. The first kappa shape index (κ1) is 15.6. The lowest BCUT2D eigenvalue weighted by Crippen LogP contribution is -2.52. The maximum Gasteiger partial charge on any atom is 0.225 e. The number of fused-ring (bicyclic) bond motifs is 2. The molecule has 1 aromatic heterocycles. The Hall–Kier alpha value is -0.890. The number of nitrogens with zero attached hydrogens (tertiary/aromatic N) is 3. The number of nitrogens with one attached hydrogen (secondary N) is 1. The third-order valence-corrected chi connectivity index (χ3v) is 5.70. The van der Waals surface area contributed by atoms with E-state index in [1.54, 1.807) is 0 Å². The molecule has 122 valence electrons. The minimum atomic E-state index is -0.560. The lowest BCUT2D eigenvalue weighted by Gasteiger charge is -2.39. The van der Waals surface area contributed by atoms with E-state index in [2.05, 4.69) is 36.1 Å². The summed E-state index contributed by atoms with van der Waals surface area (Å²) in [6.45, 7) is 2.87. The molecule has 9 heteroatoms. The van der Waals surface area contributed by atoms with Crippen LogP contribution in [0.15, 0.2) is 4.47 Å². The molecule has 0 amide bonds. The van der Waals surface area contributed by atoms with E-state index in [0.29, 0.717) is 23.6 Å². The number of hydrogen-bond donors (Lipinski definition) is 1. The Kier molecular flexibility index (Phi) is 3.99. The van der Waals surface area contributed by atoms with Crippen LogP contribution >= 0.6 is 39.1 Å². The molecule has 4 rings (SSSR count). The Labute approximate surface area is 150 Å². The highest BCUT2D eigenvalue weighted by atomic mass is 79.9. The first-order valence-corrected chi connectivity index (χ1v) is 8.76. The van der Waals surface area contributed by atoms with Crippen molar-refractivity contribution in [2.75, 3.05) is 31.1 Å². The van der Waals surface area contributed by atoms with E-state index < -0.39 is 5.82 Å². The standard InChI is InChI=1S/C14H12BrCl2FN4O/c15-8-9(16)12-7-11(10(8)18)20-14(17)21-13(7)22-3-2-19-5-6(22)1-4-23-12/h6,19H,1-5H2. The van der Waals surface area contributed by atoms with Gasteiger partial charge in [0.25, 0.3) is 0 Å². The smallest absolute Gasteiger partial charge is 0.225 e. The quantitative estimate of drug-likeness (QED) is 0.521. The van der Waals surface area contributed by atoms with Gasteiger partial charge in [0.2, 0.25) is 5.28 Å². The van der Waals surface area contributed by atoms with E-state index in [0.717, 1.165) is 26.1 Å². The van der Waals surface area contributed by atoms with Gasteiger partial charge in [-0.3, -0.25) is 0 Å². The predicted octanol–water partition coefficient (Wildman–Crippen LogP) is 3.40. The highest BCUT2D eigenvalue weighted by Crippen LogP contribution is 2.46. The van der Waals surface area contributed by atoms with E-state index >= 15 is 0 Å². The van der Waals surface area contributed by atoms with Gasteiger partial charge in [-0.2, -0.15) is 4.98 Å². The van der Waals surface area contributed by atoms with Crippen LogP contribution in [-0.4, -0.2) is 42.3 Å². The molecule has 3 heterocycles. The average Bonchev–Trinajstić information content (AvgIpc) is 2.54. The van der Waals surface area contributed by atoms with Gasteiger partial charge in [-0.1, -0.05) is 11.6 Å². The maximum absolute atomic E-state index is 14.7. The SMILES string of the molecule is Fc1c(Br)c(Cl)c2c3c(nc(Cl)nc13)N1CCNCC1CCO2. The van der Waals surface area contributed by atoms with Crippen molar-refractivity contribution in [3.8, 4) is 5.75 Å². The van der Waals surface area contributed by atoms with E-state index in [1.807, 2.05) is 0 Å². The van der Waals surface area contributed by atoms with Crippen LogP contribution in [0.5, 0.6) is 5.75 Å². The molecule has 0 bridgehead atoms. The number of anilines is 1. The summed E-state index contributed by atoms with van der Waals surface area (Å²) in [5.41, 5.74) is 0.116. The molecule has 23 heavy (non-hydrogen) atoms. The Morgan fingerprint density at radius 2 is 2.17 bits per heavy atom. The molecule has 2 aliphatic rings. The number of benzene rings is 1. The van der Waals surface area contributed by atoms with Crippen LogP contribution in [0.4, 0.5) is 10.2 Å². The highest BCUT2D eigenvalue weighted by Gasteiger charge is 2.32. The molecule has 5 nitrogen and oxygen atoms in total. The van der Waals surface area contributed by atoms with E-state index in [9.17, 15) is 4.39 Å². The number of rotatable bonds is 0. The van der Waals surface area contributed by atoms with Crippen LogP contribution < -0.4 is 15.0 Å². The van der Waals surface area contributed by atoms with Gasteiger partial charge in [0.1, 0.15) is 16.4 Å². The summed E-state index contributed by atoms with van der Waals surface area (Å²) in [6, 6.07) is 0.205. The molecular weight excluding hydrogens is 410 g/mol. The number of hydrogen-bond acceptors (Lipinski definition) is 5. The summed E-state index contributed by atoms with van der Waals surface area (Å²) in [4.78, 5) is 10.6. The fraction of sp³-hybridized carbons (Fsp3) is 0.429. The molecule has 1 N–H and O–H groups in total. The second kappa shape index (κ2) is 5.88. The molecule has 0 spiro atoms. The number of aromatic nitrogens is 2. The molecule has 2 aliphatic heterocycles. The number of ether oxygens (including phenoxy) is 1. The average molecular weight is 422 g/mol. The Morgan fingerprint density at radius 1 is 1.35 bits per heavy atom. The van der Waals surface area contributed by atoms with Gasteiger partial charge >= 0.3 is 0 Å². The van der Waals surface area contributed by atoms with Crippen LogP contribution in [-0.2, 0) is 0 Å². The normalized spacial score (nSPS) is 20.7. The fourth-order valence-corrected chi connectivity index (χ4v) is 3.90. The van der Waals surface area contributed by atoms with Crippen molar-refractivity contribution >= 4 is 55.9 Å².